The van der Waals surface area contributed by atoms with Crippen LogP contribution >= 0.6 is 0 Å². The third kappa shape index (κ3) is 4.37. The minimum atomic E-state index is -0.395. The van der Waals surface area contributed by atoms with Gasteiger partial charge in [-0.05, 0) is 72.3 Å². The van der Waals surface area contributed by atoms with Crippen LogP contribution in [0.2, 0.25) is 0 Å². The molecule has 0 atom stereocenters. The van der Waals surface area contributed by atoms with E-state index in [-0.39, 0.29) is 6.09 Å². The first-order valence-electron chi connectivity index (χ1n) is 8.00. The number of carbonyl (C=O) groups excluding carboxylic acids is 1. The van der Waals surface area contributed by atoms with Crippen molar-refractivity contribution in [2.45, 2.75) is 70.9 Å². The molecule has 1 amide bonds. The standard InChI is InChI=1S/C16H30N2O2/c1-15(2,3)20-14(19)18-10-6-13(7-11-18)12-17-16(4)8-5-9-16/h13,17H,5-12H2,1-4H3. The molecule has 2 aliphatic rings. The van der Waals surface area contributed by atoms with Crippen molar-refractivity contribution >= 4 is 6.09 Å². The molecule has 0 aromatic rings. The molecule has 1 saturated heterocycles. The van der Waals surface area contributed by atoms with Gasteiger partial charge < -0.3 is 15.0 Å². The lowest BCUT2D eigenvalue weighted by atomic mass is 9.78. The number of likely N-dealkylation sites (tertiary alicyclic amines) is 1. The SMILES string of the molecule is CC1(NCC2CCN(C(=O)OC(C)(C)C)CC2)CCC1. The Bertz CT molecular complexity index is 337. The minimum Gasteiger partial charge on any atom is -0.444 e. The molecule has 4 heteroatoms. The van der Waals surface area contributed by atoms with Crippen molar-refractivity contribution < 1.29 is 9.53 Å². The molecule has 0 unspecified atom stereocenters. The molecule has 2 rings (SSSR count). The summed E-state index contributed by atoms with van der Waals surface area (Å²) in [5, 5.41) is 3.71. The topological polar surface area (TPSA) is 41.6 Å². The average Bonchev–Trinajstić information content (AvgIpc) is 2.32. The van der Waals surface area contributed by atoms with Gasteiger partial charge >= 0.3 is 6.09 Å². The smallest absolute Gasteiger partial charge is 0.410 e. The largest absolute Gasteiger partial charge is 0.444 e. The molecule has 1 N–H and O–H groups in total. The molecular weight excluding hydrogens is 252 g/mol. The Hall–Kier alpha value is -0.770. The summed E-state index contributed by atoms with van der Waals surface area (Å²) in [4.78, 5) is 13.8. The molecule has 116 valence electrons. The van der Waals surface area contributed by atoms with Gasteiger partial charge in [-0.15, -0.1) is 0 Å². The predicted octanol–water partition coefficient (Wildman–Crippen LogP) is 3.17. The number of ether oxygens (including phenoxy) is 1. The maximum absolute atomic E-state index is 12.0. The average molecular weight is 282 g/mol. The second kappa shape index (κ2) is 5.92. The van der Waals surface area contributed by atoms with Crippen LogP contribution in [0.1, 0.15) is 59.8 Å². The van der Waals surface area contributed by atoms with E-state index in [1.165, 1.54) is 19.3 Å². The summed E-state index contributed by atoms with van der Waals surface area (Å²) in [6, 6.07) is 0. The van der Waals surface area contributed by atoms with Crippen molar-refractivity contribution in [3.63, 3.8) is 0 Å². The van der Waals surface area contributed by atoms with Gasteiger partial charge in [0, 0.05) is 18.6 Å². The number of hydrogen-bond donors (Lipinski definition) is 1. The maximum Gasteiger partial charge on any atom is 0.410 e. The number of rotatable bonds is 3. The normalized spacial score (nSPS) is 23.3. The number of nitrogens with one attached hydrogen (secondary N) is 1. The number of carbonyl (C=O) groups is 1. The zero-order valence-electron chi connectivity index (χ0n) is 13.5. The van der Waals surface area contributed by atoms with Gasteiger partial charge in [0.2, 0.25) is 0 Å². The fraction of sp³-hybridized carbons (Fsp3) is 0.938. The van der Waals surface area contributed by atoms with E-state index in [9.17, 15) is 4.79 Å². The van der Waals surface area contributed by atoms with Crippen LogP contribution < -0.4 is 5.32 Å². The van der Waals surface area contributed by atoms with E-state index < -0.39 is 5.60 Å². The first kappa shape index (κ1) is 15.6. The second-order valence-electron chi connectivity index (χ2n) is 7.71. The third-order valence-corrected chi connectivity index (χ3v) is 4.54. The Morgan fingerprint density at radius 1 is 1.30 bits per heavy atom. The number of nitrogens with zero attached hydrogens (tertiary/aromatic N) is 1. The molecule has 4 nitrogen and oxygen atoms in total. The van der Waals surface area contributed by atoms with E-state index >= 15 is 0 Å². The monoisotopic (exact) mass is 282 g/mol. The molecule has 0 bridgehead atoms. The van der Waals surface area contributed by atoms with E-state index in [4.69, 9.17) is 4.74 Å². The summed E-state index contributed by atoms with van der Waals surface area (Å²) in [5.74, 6) is 0.700. The van der Waals surface area contributed by atoms with Gasteiger partial charge in [-0.1, -0.05) is 0 Å². The molecule has 0 radical (unpaired) electrons. The van der Waals surface area contributed by atoms with Crippen molar-refractivity contribution in [1.29, 1.82) is 0 Å². The van der Waals surface area contributed by atoms with Crippen LogP contribution in [0, 0.1) is 5.92 Å². The summed E-state index contributed by atoms with van der Waals surface area (Å²) in [5.41, 5.74) is -0.00337. The van der Waals surface area contributed by atoms with Crippen LogP contribution in [-0.4, -0.2) is 41.8 Å². The van der Waals surface area contributed by atoms with Crippen LogP contribution in [0.3, 0.4) is 0 Å². The summed E-state index contributed by atoms with van der Waals surface area (Å²) in [6.07, 6.45) is 5.99. The second-order valence-corrected chi connectivity index (χ2v) is 7.71. The van der Waals surface area contributed by atoms with E-state index in [2.05, 4.69) is 12.2 Å². The minimum absolute atomic E-state index is 0.158. The number of amides is 1. The molecule has 0 aromatic carbocycles. The molecule has 1 heterocycles. The Labute approximate surface area is 123 Å². The molecule has 0 aromatic heterocycles. The number of piperidine rings is 1. The van der Waals surface area contributed by atoms with Gasteiger partial charge in [-0.3, -0.25) is 0 Å². The highest BCUT2D eigenvalue weighted by atomic mass is 16.6. The van der Waals surface area contributed by atoms with Crippen molar-refractivity contribution in [3.8, 4) is 0 Å². The summed E-state index contributed by atoms with van der Waals surface area (Å²) in [7, 11) is 0. The molecule has 1 aliphatic heterocycles. The van der Waals surface area contributed by atoms with Gasteiger partial charge in [-0.25, -0.2) is 4.79 Å². The molecule has 0 spiro atoms. The molecule has 20 heavy (non-hydrogen) atoms. The third-order valence-electron chi connectivity index (χ3n) is 4.54. The van der Waals surface area contributed by atoms with Crippen molar-refractivity contribution in [2.75, 3.05) is 19.6 Å². The van der Waals surface area contributed by atoms with Crippen molar-refractivity contribution in [3.05, 3.63) is 0 Å². The van der Waals surface area contributed by atoms with Gasteiger partial charge in [-0.2, -0.15) is 0 Å². The van der Waals surface area contributed by atoms with Crippen LogP contribution in [0.15, 0.2) is 0 Å². The van der Waals surface area contributed by atoms with E-state index in [1.54, 1.807) is 0 Å². The van der Waals surface area contributed by atoms with E-state index in [1.807, 2.05) is 25.7 Å². The number of hydrogen-bond acceptors (Lipinski definition) is 3. The Morgan fingerprint density at radius 3 is 2.35 bits per heavy atom. The first-order valence-corrected chi connectivity index (χ1v) is 8.00. The van der Waals surface area contributed by atoms with Gasteiger partial charge in [0.1, 0.15) is 5.60 Å². The van der Waals surface area contributed by atoms with Crippen LogP contribution in [0.25, 0.3) is 0 Å². The lowest BCUT2D eigenvalue weighted by molar-refractivity contribution is 0.0179. The molecule has 1 saturated carbocycles. The summed E-state index contributed by atoms with van der Waals surface area (Å²) >= 11 is 0. The lowest BCUT2D eigenvalue weighted by Gasteiger charge is -2.41. The highest BCUT2D eigenvalue weighted by Gasteiger charge is 2.32. The highest BCUT2D eigenvalue weighted by Crippen LogP contribution is 2.31. The predicted molar refractivity (Wildman–Crippen MR) is 80.8 cm³/mol. The Morgan fingerprint density at radius 2 is 1.90 bits per heavy atom. The van der Waals surface area contributed by atoms with Crippen LogP contribution in [-0.2, 0) is 4.74 Å². The van der Waals surface area contributed by atoms with Crippen molar-refractivity contribution in [2.24, 2.45) is 5.92 Å². The maximum atomic E-state index is 12.0. The first-order chi connectivity index (χ1) is 9.27. The zero-order chi connectivity index (χ0) is 14.8. The van der Waals surface area contributed by atoms with Gasteiger partial charge in [0.25, 0.3) is 0 Å². The van der Waals surface area contributed by atoms with Gasteiger partial charge in [0.15, 0.2) is 0 Å². The molecular formula is C16H30N2O2. The van der Waals surface area contributed by atoms with Crippen molar-refractivity contribution in [1.82, 2.24) is 10.2 Å². The zero-order valence-corrected chi connectivity index (χ0v) is 13.5. The van der Waals surface area contributed by atoms with E-state index in [0.717, 1.165) is 32.5 Å². The summed E-state index contributed by atoms with van der Waals surface area (Å²) in [6.45, 7) is 10.8. The van der Waals surface area contributed by atoms with Crippen LogP contribution in [0.5, 0.6) is 0 Å². The highest BCUT2D eigenvalue weighted by molar-refractivity contribution is 5.68. The van der Waals surface area contributed by atoms with Crippen LogP contribution in [0.4, 0.5) is 4.79 Å². The van der Waals surface area contributed by atoms with Gasteiger partial charge in [0.05, 0.1) is 0 Å². The molecule has 1 aliphatic carbocycles. The lowest BCUT2D eigenvalue weighted by Crippen LogP contribution is -2.51. The quantitative estimate of drug-likeness (QED) is 0.864. The molecule has 2 fully saturated rings. The summed E-state index contributed by atoms with van der Waals surface area (Å²) < 4.78 is 5.42. The Kier molecular flexibility index (Phi) is 4.62. The van der Waals surface area contributed by atoms with E-state index in [0.29, 0.717) is 11.5 Å². The Balaban J connectivity index is 1.68. The fourth-order valence-electron chi connectivity index (χ4n) is 2.92. The fourth-order valence-corrected chi connectivity index (χ4v) is 2.92.